The molecule has 190 valence electrons. The number of carbonyl (C=O) groups excluding carboxylic acids is 1. The molecule has 3 aromatic heterocycles. The van der Waals surface area contributed by atoms with E-state index >= 15 is 0 Å². The number of fused-ring (bicyclic) bond motifs is 1. The smallest absolute Gasteiger partial charge is 0.283 e. The Hall–Kier alpha value is -2.47. The van der Waals surface area contributed by atoms with Crippen LogP contribution in [0.25, 0.3) is 11.2 Å². The van der Waals surface area contributed by atoms with Crippen LogP contribution in [0.3, 0.4) is 0 Å². The Morgan fingerprint density at radius 3 is 2.67 bits per heavy atom. The van der Waals surface area contributed by atoms with Gasteiger partial charge in [0, 0.05) is 5.02 Å². The van der Waals surface area contributed by atoms with Gasteiger partial charge in [-0.05, 0) is 71.2 Å². The number of pyridine rings is 1. The molecule has 0 saturated carbocycles. The van der Waals surface area contributed by atoms with E-state index in [9.17, 15) is 13.2 Å². The highest BCUT2D eigenvalue weighted by atomic mass is 79.9. The number of ether oxygens (including phenoxy) is 1. The fourth-order valence-corrected chi connectivity index (χ4v) is 6.76. The Balaban J connectivity index is 1.55. The summed E-state index contributed by atoms with van der Waals surface area (Å²) in [5.41, 5.74) is 1.83. The lowest BCUT2D eigenvalue weighted by atomic mass is 10.2. The van der Waals surface area contributed by atoms with Crippen molar-refractivity contribution in [2.45, 2.75) is 43.9 Å². The van der Waals surface area contributed by atoms with E-state index in [2.05, 4.69) is 37.5 Å². The molecule has 0 atom stereocenters. The minimum absolute atomic E-state index is 0.0251. The number of amides is 1. The third-order valence-electron chi connectivity index (χ3n) is 5.43. The van der Waals surface area contributed by atoms with E-state index in [0.29, 0.717) is 44.7 Å². The second kappa shape index (κ2) is 11.3. The van der Waals surface area contributed by atoms with E-state index in [0.717, 1.165) is 36.2 Å². The molecule has 0 radical (unpaired) electrons. The summed E-state index contributed by atoms with van der Waals surface area (Å²) in [5, 5.41) is 0.548. The Morgan fingerprint density at radius 2 is 1.97 bits per heavy atom. The topological polar surface area (TPSA) is 103 Å². The van der Waals surface area contributed by atoms with Crippen LogP contribution in [-0.4, -0.2) is 35.5 Å². The van der Waals surface area contributed by atoms with E-state index in [1.54, 1.807) is 18.2 Å². The SMILES string of the molecule is CCCCCOc1ccc(Cn2c(C)nc3ccc(C(=O)NS(=O)(=O)c4ccc(Br)s4)nc32)c(Cl)c1. The summed E-state index contributed by atoms with van der Waals surface area (Å²) in [6.07, 6.45) is 3.23. The summed E-state index contributed by atoms with van der Waals surface area (Å²) < 4.78 is 35.5. The molecule has 0 unspecified atom stereocenters. The summed E-state index contributed by atoms with van der Waals surface area (Å²) >= 11 is 10.8. The van der Waals surface area contributed by atoms with Gasteiger partial charge < -0.3 is 9.30 Å². The third kappa shape index (κ3) is 6.08. The number of hydrogen-bond donors (Lipinski definition) is 1. The van der Waals surface area contributed by atoms with Gasteiger partial charge in [-0.1, -0.05) is 37.4 Å². The third-order valence-corrected chi connectivity index (χ3v) is 9.22. The van der Waals surface area contributed by atoms with Crippen LogP contribution >= 0.6 is 38.9 Å². The first-order chi connectivity index (χ1) is 17.2. The van der Waals surface area contributed by atoms with Crippen molar-refractivity contribution in [1.82, 2.24) is 19.3 Å². The minimum Gasteiger partial charge on any atom is -0.494 e. The lowest BCUT2D eigenvalue weighted by Gasteiger charge is -2.11. The summed E-state index contributed by atoms with van der Waals surface area (Å²) in [6, 6.07) is 11.7. The van der Waals surface area contributed by atoms with E-state index in [4.69, 9.17) is 16.3 Å². The number of thiophene rings is 1. The number of aromatic nitrogens is 3. The van der Waals surface area contributed by atoms with Gasteiger partial charge in [0.1, 0.15) is 27.0 Å². The largest absolute Gasteiger partial charge is 0.494 e. The van der Waals surface area contributed by atoms with Gasteiger partial charge in [0.05, 0.1) is 16.9 Å². The first-order valence-electron chi connectivity index (χ1n) is 11.3. The Kier molecular flexibility index (Phi) is 8.34. The van der Waals surface area contributed by atoms with Gasteiger partial charge in [-0.15, -0.1) is 11.3 Å². The molecule has 0 aliphatic heterocycles. The highest BCUT2D eigenvalue weighted by Crippen LogP contribution is 2.27. The molecule has 8 nitrogen and oxygen atoms in total. The van der Waals surface area contributed by atoms with Crippen molar-refractivity contribution >= 4 is 66.0 Å². The molecule has 0 saturated heterocycles. The van der Waals surface area contributed by atoms with Crippen LogP contribution in [0.15, 0.2) is 50.5 Å². The predicted octanol–water partition coefficient (Wildman–Crippen LogP) is 5.95. The summed E-state index contributed by atoms with van der Waals surface area (Å²) in [7, 11) is -4.02. The summed E-state index contributed by atoms with van der Waals surface area (Å²) in [4.78, 5) is 21.7. The van der Waals surface area contributed by atoms with Crippen molar-refractivity contribution in [3.8, 4) is 5.75 Å². The summed E-state index contributed by atoms with van der Waals surface area (Å²) in [5.74, 6) is 0.569. The van der Waals surface area contributed by atoms with E-state index in [-0.39, 0.29) is 9.90 Å². The van der Waals surface area contributed by atoms with Crippen LogP contribution < -0.4 is 9.46 Å². The van der Waals surface area contributed by atoms with E-state index in [1.165, 1.54) is 12.1 Å². The lowest BCUT2D eigenvalue weighted by molar-refractivity contribution is 0.0977. The number of sulfonamides is 1. The maximum atomic E-state index is 12.8. The average molecular weight is 612 g/mol. The molecule has 0 fully saturated rings. The van der Waals surface area contributed by atoms with Crippen molar-refractivity contribution in [1.29, 1.82) is 0 Å². The number of carbonyl (C=O) groups is 1. The lowest BCUT2D eigenvalue weighted by Crippen LogP contribution is -2.30. The molecule has 3 heterocycles. The number of rotatable bonds is 10. The number of nitrogens with zero attached hydrogens (tertiary/aromatic N) is 3. The maximum absolute atomic E-state index is 12.8. The number of aryl methyl sites for hydroxylation is 1. The standard InChI is InChI=1S/C24H24BrClN4O4S2/c1-3-4-5-12-34-17-7-6-16(18(26)13-17)14-30-15(2)27-19-8-9-20(28-23(19)30)24(31)29-36(32,33)22-11-10-21(25)35-22/h6-11,13H,3-5,12,14H2,1-2H3,(H,29,31). The van der Waals surface area contributed by atoms with Crippen molar-refractivity contribution in [2.75, 3.05) is 6.61 Å². The van der Waals surface area contributed by atoms with Crippen LogP contribution in [0.5, 0.6) is 5.75 Å². The highest BCUT2D eigenvalue weighted by molar-refractivity contribution is 9.11. The van der Waals surface area contributed by atoms with Crippen LogP contribution in [0.2, 0.25) is 5.02 Å². The summed E-state index contributed by atoms with van der Waals surface area (Å²) in [6.45, 7) is 4.99. The zero-order valence-corrected chi connectivity index (χ0v) is 23.6. The molecule has 36 heavy (non-hydrogen) atoms. The van der Waals surface area contributed by atoms with Crippen molar-refractivity contribution in [2.24, 2.45) is 0 Å². The normalized spacial score (nSPS) is 11.7. The van der Waals surface area contributed by atoms with Gasteiger partial charge in [0.2, 0.25) is 0 Å². The number of imidazole rings is 1. The Labute approximate surface area is 226 Å². The molecule has 4 rings (SSSR count). The van der Waals surface area contributed by atoms with Gasteiger partial charge in [-0.2, -0.15) is 0 Å². The molecular formula is C24H24BrClN4O4S2. The maximum Gasteiger partial charge on any atom is 0.283 e. The number of unbranched alkanes of at least 4 members (excludes halogenated alkanes) is 2. The van der Waals surface area contributed by atoms with Gasteiger partial charge in [0.25, 0.3) is 15.9 Å². The molecule has 1 N–H and O–H groups in total. The second-order valence-corrected chi connectivity index (χ2v) is 12.9. The fraction of sp³-hybridized carbons (Fsp3) is 0.292. The molecular weight excluding hydrogens is 588 g/mol. The predicted molar refractivity (Wildman–Crippen MR) is 145 cm³/mol. The van der Waals surface area contributed by atoms with E-state index < -0.39 is 15.9 Å². The van der Waals surface area contributed by atoms with Crippen molar-refractivity contribution < 1.29 is 17.9 Å². The first kappa shape index (κ1) is 26.6. The zero-order valence-electron chi connectivity index (χ0n) is 19.6. The quantitative estimate of drug-likeness (QED) is 0.222. The van der Waals surface area contributed by atoms with Gasteiger partial charge in [0.15, 0.2) is 5.65 Å². The fourth-order valence-electron chi connectivity index (χ4n) is 3.56. The van der Waals surface area contributed by atoms with Crippen LogP contribution in [0.1, 0.15) is 48.1 Å². The van der Waals surface area contributed by atoms with Crippen molar-refractivity contribution in [3.63, 3.8) is 0 Å². The molecule has 0 spiro atoms. The number of halogens is 2. The number of hydrogen-bond acceptors (Lipinski definition) is 7. The van der Waals surface area contributed by atoms with Crippen LogP contribution in [-0.2, 0) is 16.6 Å². The van der Waals surface area contributed by atoms with Gasteiger partial charge in [-0.25, -0.2) is 23.1 Å². The van der Waals surface area contributed by atoms with Gasteiger partial charge in [-0.3, -0.25) is 4.79 Å². The molecule has 12 heteroatoms. The van der Waals surface area contributed by atoms with Crippen LogP contribution in [0, 0.1) is 6.92 Å². The average Bonchev–Trinajstić information content (AvgIpc) is 3.41. The molecule has 4 aromatic rings. The van der Waals surface area contributed by atoms with Crippen LogP contribution in [0.4, 0.5) is 0 Å². The van der Waals surface area contributed by atoms with Gasteiger partial charge >= 0.3 is 0 Å². The zero-order chi connectivity index (χ0) is 25.9. The number of benzene rings is 1. The Bertz CT molecular complexity index is 1520. The highest BCUT2D eigenvalue weighted by Gasteiger charge is 2.22. The first-order valence-corrected chi connectivity index (χ1v) is 14.7. The molecule has 1 amide bonds. The minimum atomic E-state index is -4.02. The molecule has 0 bridgehead atoms. The second-order valence-electron chi connectivity index (χ2n) is 8.09. The monoisotopic (exact) mass is 610 g/mol. The molecule has 1 aromatic carbocycles. The molecule has 0 aliphatic rings. The van der Waals surface area contributed by atoms with Crippen molar-refractivity contribution in [3.05, 3.63) is 68.4 Å². The Morgan fingerprint density at radius 1 is 1.17 bits per heavy atom. The molecule has 0 aliphatic carbocycles. The van der Waals surface area contributed by atoms with E-state index in [1.807, 2.05) is 23.6 Å². The number of nitrogens with one attached hydrogen (secondary N) is 1.